The standard InChI is InChI=1S/C15H15NO2/c1-11-5-3-4-6-15(11)18-14-9-7-13(8-10-14)16-12(2)17/h3-10H,1-2H3,(H,16,17). The molecule has 0 spiro atoms. The van der Waals surface area contributed by atoms with Crippen LogP contribution >= 0.6 is 0 Å². The highest BCUT2D eigenvalue weighted by molar-refractivity contribution is 5.88. The summed E-state index contributed by atoms with van der Waals surface area (Å²) in [5.74, 6) is 1.51. The molecule has 0 heterocycles. The van der Waals surface area contributed by atoms with Crippen LogP contribution in [0.2, 0.25) is 0 Å². The molecule has 2 aromatic rings. The van der Waals surface area contributed by atoms with Gasteiger partial charge in [0.05, 0.1) is 0 Å². The van der Waals surface area contributed by atoms with Crippen molar-refractivity contribution in [2.45, 2.75) is 13.8 Å². The molecule has 18 heavy (non-hydrogen) atoms. The van der Waals surface area contributed by atoms with Gasteiger partial charge in [0.2, 0.25) is 5.91 Å². The van der Waals surface area contributed by atoms with E-state index in [1.165, 1.54) is 6.92 Å². The first-order valence-corrected chi connectivity index (χ1v) is 5.76. The number of para-hydroxylation sites is 1. The Morgan fingerprint density at radius 2 is 1.72 bits per heavy atom. The number of hydrogen-bond donors (Lipinski definition) is 1. The average Bonchev–Trinajstić information content (AvgIpc) is 2.34. The predicted octanol–water partition coefficient (Wildman–Crippen LogP) is 3.75. The van der Waals surface area contributed by atoms with Crippen LogP contribution in [0, 0.1) is 6.92 Å². The van der Waals surface area contributed by atoms with E-state index >= 15 is 0 Å². The van der Waals surface area contributed by atoms with Gasteiger partial charge in [-0.05, 0) is 42.8 Å². The van der Waals surface area contributed by atoms with Gasteiger partial charge in [-0.3, -0.25) is 4.79 Å². The second kappa shape index (κ2) is 5.36. The van der Waals surface area contributed by atoms with Crippen molar-refractivity contribution >= 4 is 11.6 Å². The van der Waals surface area contributed by atoms with Crippen LogP contribution in [-0.2, 0) is 4.79 Å². The van der Waals surface area contributed by atoms with E-state index in [0.717, 1.165) is 22.7 Å². The second-order valence-electron chi connectivity index (χ2n) is 4.07. The van der Waals surface area contributed by atoms with Crippen molar-refractivity contribution in [2.75, 3.05) is 5.32 Å². The Kier molecular flexibility index (Phi) is 3.63. The van der Waals surface area contributed by atoms with E-state index in [-0.39, 0.29) is 5.91 Å². The predicted molar refractivity (Wildman–Crippen MR) is 72.0 cm³/mol. The van der Waals surface area contributed by atoms with Crippen molar-refractivity contribution in [2.24, 2.45) is 0 Å². The summed E-state index contributed by atoms with van der Waals surface area (Å²) in [6.07, 6.45) is 0. The summed E-state index contributed by atoms with van der Waals surface area (Å²) < 4.78 is 5.76. The van der Waals surface area contributed by atoms with Gasteiger partial charge in [-0.1, -0.05) is 18.2 Å². The fourth-order valence-corrected chi connectivity index (χ4v) is 1.61. The molecular weight excluding hydrogens is 226 g/mol. The van der Waals surface area contributed by atoms with Crippen molar-refractivity contribution in [3.63, 3.8) is 0 Å². The van der Waals surface area contributed by atoms with Crippen molar-refractivity contribution in [3.05, 3.63) is 54.1 Å². The van der Waals surface area contributed by atoms with Crippen molar-refractivity contribution in [1.29, 1.82) is 0 Å². The number of ether oxygens (including phenoxy) is 1. The van der Waals surface area contributed by atoms with Gasteiger partial charge in [-0.2, -0.15) is 0 Å². The Morgan fingerprint density at radius 1 is 1.06 bits per heavy atom. The summed E-state index contributed by atoms with van der Waals surface area (Å²) in [7, 11) is 0. The van der Waals surface area contributed by atoms with E-state index in [2.05, 4.69) is 5.32 Å². The quantitative estimate of drug-likeness (QED) is 0.888. The normalized spacial score (nSPS) is 9.89. The minimum Gasteiger partial charge on any atom is -0.457 e. The summed E-state index contributed by atoms with van der Waals surface area (Å²) >= 11 is 0. The highest BCUT2D eigenvalue weighted by Crippen LogP contribution is 2.25. The van der Waals surface area contributed by atoms with Crippen LogP contribution in [-0.4, -0.2) is 5.91 Å². The van der Waals surface area contributed by atoms with Crippen molar-refractivity contribution in [3.8, 4) is 11.5 Å². The Morgan fingerprint density at radius 3 is 2.33 bits per heavy atom. The summed E-state index contributed by atoms with van der Waals surface area (Å²) in [5.41, 5.74) is 1.85. The summed E-state index contributed by atoms with van der Waals surface area (Å²) in [6.45, 7) is 3.48. The smallest absolute Gasteiger partial charge is 0.221 e. The third kappa shape index (κ3) is 3.10. The van der Waals surface area contributed by atoms with Crippen molar-refractivity contribution in [1.82, 2.24) is 0 Å². The van der Waals surface area contributed by atoms with Gasteiger partial charge in [-0.25, -0.2) is 0 Å². The lowest BCUT2D eigenvalue weighted by atomic mass is 10.2. The first kappa shape index (κ1) is 12.2. The molecule has 0 aromatic heterocycles. The Hall–Kier alpha value is -2.29. The number of aryl methyl sites for hydroxylation is 1. The lowest BCUT2D eigenvalue weighted by Crippen LogP contribution is -2.05. The molecule has 3 nitrogen and oxygen atoms in total. The molecule has 3 heteroatoms. The molecule has 0 saturated heterocycles. The molecule has 0 unspecified atom stereocenters. The Bertz CT molecular complexity index is 547. The number of nitrogens with one attached hydrogen (secondary N) is 1. The molecule has 0 atom stereocenters. The van der Waals surface area contributed by atoms with E-state index in [0.29, 0.717) is 0 Å². The van der Waals surface area contributed by atoms with Crippen LogP contribution in [0.15, 0.2) is 48.5 Å². The number of anilines is 1. The highest BCUT2D eigenvalue weighted by atomic mass is 16.5. The lowest BCUT2D eigenvalue weighted by molar-refractivity contribution is -0.114. The average molecular weight is 241 g/mol. The lowest BCUT2D eigenvalue weighted by Gasteiger charge is -2.09. The fraction of sp³-hybridized carbons (Fsp3) is 0.133. The number of rotatable bonds is 3. The molecule has 0 aliphatic heterocycles. The third-order valence-electron chi connectivity index (χ3n) is 2.50. The van der Waals surface area contributed by atoms with Gasteiger partial charge < -0.3 is 10.1 Å². The molecular formula is C15H15NO2. The molecule has 0 radical (unpaired) electrons. The maximum absolute atomic E-state index is 10.9. The number of carbonyl (C=O) groups is 1. The molecule has 1 N–H and O–H groups in total. The van der Waals surface area contributed by atoms with E-state index in [1.807, 2.05) is 55.5 Å². The first-order chi connectivity index (χ1) is 8.65. The van der Waals surface area contributed by atoms with Gasteiger partial charge in [0.1, 0.15) is 11.5 Å². The van der Waals surface area contributed by atoms with Gasteiger partial charge in [-0.15, -0.1) is 0 Å². The van der Waals surface area contributed by atoms with Crippen LogP contribution < -0.4 is 10.1 Å². The minimum atomic E-state index is -0.0810. The van der Waals surface area contributed by atoms with Crippen LogP contribution in [0.25, 0.3) is 0 Å². The number of amides is 1. The summed E-state index contributed by atoms with van der Waals surface area (Å²) in [5, 5.41) is 2.71. The summed E-state index contributed by atoms with van der Waals surface area (Å²) in [4.78, 5) is 10.9. The Labute approximate surface area is 106 Å². The van der Waals surface area contributed by atoms with Crippen LogP contribution in [0.5, 0.6) is 11.5 Å². The molecule has 2 rings (SSSR count). The minimum absolute atomic E-state index is 0.0810. The van der Waals surface area contributed by atoms with Gasteiger partial charge >= 0.3 is 0 Å². The molecule has 0 saturated carbocycles. The maximum atomic E-state index is 10.9. The zero-order chi connectivity index (χ0) is 13.0. The van der Waals surface area contributed by atoms with E-state index in [4.69, 9.17) is 4.74 Å². The Balaban J connectivity index is 2.11. The first-order valence-electron chi connectivity index (χ1n) is 5.76. The van der Waals surface area contributed by atoms with E-state index in [9.17, 15) is 4.79 Å². The second-order valence-corrected chi connectivity index (χ2v) is 4.07. The molecule has 1 amide bonds. The largest absolute Gasteiger partial charge is 0.457 e. The molecule has 0 aliphatic rings. The molecule has 0 bridgehead atoms. The zero-order valence-corrected chi connectivity index (χ0v) is 10.4. The monoisotopic (exact) mass is 241 g/mol. The van der Waals surface area contributed by atoms with Crippen LogP contribution in [0.3, 0.4) is 0 Å². The zero-order valence-electron chi connectivity index (χ0n) is 10.4. The molecule has 2 aromatic carbocycles. The van der Waals surface area contributed by atoms with E-state index < -0.39 is 0 Å². The van der Waals surface area contributed by atoms with Gasteiger partial charge in [0.15, 0.2) is 0 Å². The molecule has 0 aliphatic carbocycles. The fourth-order valence-electron chi connectivity index (χ4n) is 1.61. The third-order valence-corrected chi connectivity index (χ3v) is 2.50. The topological polar surface area (TPSA) is 38.3 Å². The number of benzene rings is 2. The number of hydrogen-bond acceptors (Lipinski definition) is 2. The van der Waals surface area contributed by atoms with E-state index in [1.54, 1.807) is 0 Å². The van der Waals surface area contributed by atoms with Gasteiger partial charge in [0, 0.05) is 12.6 Å². The highest BCUT2D eigenvalue weighted by Gasteiger charge is 2.01. The van der Waals surface area contributed by atoms with Crippen LogP contribution in [0.1, 0.15) is 12.5 Å². The van der Waals surface area contributed by atoms with Gasteiger partial charge in [0.25, 0.3) is 0 Å². The number of carbonyl (C=O) groups excluding carboxylic acids is 1. The van der Waals surface area contributed by atoms with Crippen molar-refractivity contribution < 1.29 is 9.53 Å². The molecule has 0 fully saturated rings. The molecule has 92 valence electrons. The summed E-state index contributed by atoms with van der Waals surface area (Å²) in [6, 6.07) is 15.1. The maximum Gasteiger partial charge on any atom is 0.221 e. The van der Waals surface area contributed by atoms with Crippen LogP contribution in [0.4, 0.5) is 5.69 Å². The SMILES string of the molecule is CC(=O)Nc1ccc(Oc2ccccc2C)cc1.